The van der Waals surface area contributed by atoms with E-state index in [0.29, 0.717) is 18.0 Å². The number of carboxylic acid groups (broad SMARTS) is 1. The lowest BCUT2D eigenvalue weighted by atomic mass is 10.2. The number of aromatic nitrogens is 1. The maximum absolute atomic E-state index is 11.2. The lowest BCUT2D eigenvalue weighted by Gasteiger charge is -2.13. The molecule has 2 rings (SSSR count). The number of benzene rings is 1. The second-order valence-electron chi connectivity index (χ2n) is 3.89. The molecular weight excluding hydrogens is 280 g/mol. The summed E-state index contributed by atoms with van der Waals surface area (Å²) in [5, 5.41) is 12.3. The van der Waals surface area contributed by atoms with Gasteiger partial charge in [-0.1, -0.05) is 23.7 Å². The Bertz CT molecular complexity index is 632. The van der Waals surface area contributed by atoms with Crippen molar-refractivity contribution < 1.29 is 14.6 Å². The normalized spacial score (nSPS) is 10.1. The SMILES string of the molecule is CCOc1ccccc1Nc1nc(Cl)ccc1C(=O)O. The molecule has 0 fully saturated rings. The summed E-state index contributed by atoms with van der Waals surface area (Å²) in [5.41, 5.74) is 0.673. The molecule has 1 aromatic heterocycles. The zero-order chi connectivity index (χ0) is 14.5. The smallest absolute Gasteiger partial charge is 0.339 e. The van der Waals surface area contributed by atoms with Crippen LogP contribution in [0.5, 0.6) is 5.75 Å². The minimum Gasteiger partial charge on any atom is -0.492 e. The minimum atomic E-state index is -1.08. The number of aromatic carboxylic acids is 1. The number of carbonyl (C=O) groups is 1. The average Bonchev–Trinajstić information content (AvgIpc) is 2.41. The number of hydrogen-bond acceptors (Lipinski definition) is 4. The average molecular weight is 293 g/mol. The molecule has 0 amide bonds. The fraction of sp³-hybridized carbons (Fsp3) is 0.143. The van der Waals surface area contributed by atoms with Crippen molar-refractivity contribution in [3.8, 4) is 5.75 Å². The first-order valence-electron chi connectivity index (χ1n) is 6.00. The van der Waals surface area contributed by atoms with Gasteiger partial charge in [0.2, 0.25) is 0 Å². The van der Waals surface area contributed by atoms with Crippen LogP contribution in [-0.2, 0) is 0 Å². The van der Waals surface area contributed by atoms with E-state index >= 15 is 0 Å². The molecule has 104 valence electrons. The summed E-state index contributed by atoms with van der Waals surface area (Å²) >= 11 is 5.81. The quantitative estimate of drug-likeness (QED) is 0.824. The molecule has 0 unspecified atom stereocenters. The Morgan fingerprint density at radius 2 is 2.10 bits per heavy atom. The second kappa shape index (κ2) is 6.25. The van der Waals surface area contributed by atoms with Crippen molar-refractivity contribution in [2.24, 2.45) is 0 Å². The van der Waals surface area contributed by atoms with E-state index in [0.717, 1.165) is 0 Å². The minimum absolute atomic E-state index is 0.0423. The van der Waals surface area contributed by atoms with Gasteiger partial charge in [0.05, 0.1) is 12.3 Å². The molecule has 6 heteroatoms. The zero-order valence-corrected chi connectivity index (χ0v) is 11.5. The maximum Gasteiger partial charge on any atom is 0.339 e. The number of halogens is 1. The number of pyridine rings is 1. The van der Waals surface area contributed by atoms with Crippen LogP contribution in [0.4, 0.5) is 11.5 Å². The highest BCUT2D eigenvalue weighted by atomic mass is 35.5. The molecule has 2 N–H and O–H groups in total. The first-order chi connectivity index (χ1) is 9.61. The third-order valence-electron chi connectivity index (χ3n) is 2.53. The summed E-state index contributed by atoms with van der Waals surface area (Å²) in [6.07, 6.45) is 0. The van der Waals surface area contributed by atoms with E-state index in [1.807, 2.05) is 19.1 Å². The van der Waals surface area contributed by atoms with Crippen molar-refractivity contribution in [2.45, 2.75) is 6.92 Å². The van der Waals surface area contributed by atoms with Crippen molar-refractivity contribution in [3.63, 3.8) is 0 Å². The van der Waals surface area contributed by atoms with Crippen LogP contribution in [-0.4, -0.2) is 22.7 Å². The van der Waals surface area contributed by atoms with Gasteiger partial charge in [-0.05, 0) is 31.2 Å². The first-order valence-corrected chi connectivity index (χ1v) is 6.38. The summed E-state index contributed by atoms with van der Waals surface area (Å²) in [6.45, 7) is 2.38. The fourth-order valence-corrected chi connectivity index (χ4v) is 1.83. The van der Waals surface area contributed by atoms with Gasteiger partial charge in [-0.3, -0.25) is 0 Å². The van der Waals surface area contributed by atoms with E-state index in [1.54, 1.807) is 12.1 Å². The number of para-hydroxylation sites is 2. The van der Waals surface area contributed by atoms with Gasteiger partial charge < -0.3 is 15.2 Å². The molecule has 0 bridgehead atoms. The van der Waals surface area contributed by atoms with Crippen molar-refractivity contribution >= 4 is 29.1 Å². The van der Waals surface area contributed by atoms with Gasteiger partial charge in [-0.2, -0.15) is 0 Å². The van der Waals surface area contributed by atoms with Crippen molar-refractivity contribution in [3.05, 3.63) is 47.1 Å². The Morgan fingerprint density at radius 1 is 1.35 bits per heavy atom. The van der Waals surface area contributed by atoms with Crippen LogP contribution in [0.3, 0.4) is 0 Å². The van der Waals surface area contributed by atoms with E-state index in [4.69, 9.17) is 21.4 Å². The Labute approximate surface area is 121 Å². The van der Waals surface area contributed by atoms with E-state index < -0.39 is 5.97 Å². The summed E-state index contributed by atoms with van der Waals surface area (Å²) in [5.74, 6) is -0.282. The van der Waals surface area contributed by atoms with E-state index in [-0.39, 0.29) is 16.5 Å². The molecule has 0 atom stereocenters. The molecular formula is C14H13ClN2O3. The van der Waals surface area contributed by atoms with Crippen LogP contribution in [0.2, 0.25) is 5.15 Å². The largest absolute Gasteiger partial charge is 0.492 e. The number of nitrogens with one attached hydrogen (secondary N) is 1. The third-order valence-corrected chi connectivity index (χ3v) is 2.74. The fourth-order valence-electron chi connectivity index (χ4n) is 1.68. The summed E-state index contributed by atoms with van der Waals surface area (Å²) in [7, 11) is 0. The van der Waals surface area contributed by atoms with Crippen LogP contribution >= 0.6 is 11.6 Å². The van der Waals surface area contributed by atoms with Crippen LogP contribution in [0, 0.1) is 0 Å². The van der Waals surface area contributed by atoms with Crippen LogP contribution in [0.25, 0.3) is 0 Å². The van der Waals surface area contributed by atoms with E-state index in [9.17, 15) is 4.79 Å². The van der Waals surface area contributed by atoms with Gasteiger partial charge in [-0.15, -0.1) is 0 Å². The van der Waals surface area contributed by atoms with Gasteiger partial charge in [0, 0.05) is 0 Å². The molecule has 0 aliphatic rings. The molecule has 0 aliphatic heterocycles. The van der Waals surface area contributed by atoms with Gasteiger partial charge in [0.1, 0.15) is 22.3 Å². The number of nitrogens with zero attached hydrogens (tertiary/aromatic N) is 1. The zero-order valence-electron chi connectivity index (χ0n) is 10.8. The number of rotatable bonds is 5. The van der Waals surface area contributed by atoms with Crippen molar-refractivity contribution in [1.29, 1.82) is 0 Å². The Kier molecular flexibility index (Phi) is 4.42. The van der Waals surface area contributed by atoms with Crippen molar-refractivity contribution in [2.75, 3.05) is 11.9 Å². The first kappa shape index (κ1) is 14.1. The van der Waals surface area contributed by atoms with Gasteiger partial charge >= 0.3 is 5.97 Å². The monoisotopic (exact) mass is 292 g/mol. The Hall–Kier alpha value is -2.27. The standard InChI is InChI=1S/C14H13ClN2O3/c1-2-20-11-6-4-3-5-10(11)16-13-9(14(18)19)7-8-12(15)17-13/h3-8H,2H2,1H3,(H,16,17)(H,18,19). The van der Waals surface area contributed by atoms with Gasteiger partial charge in [-0.25, -0.2) is 9.78 Å². The molecule has 1 aromatic carbocycles. The van der Waals surface area contributed by atoms with Gasteiger partial charge in [0.25, 0.3) is 0 Å². The second-order valence-corrected chi connectivity index (χ2v) is 4.28. The Morgan fingerprint density at radius 3 is 2.80 bits per heavy atom. The van der Waals surface area contributed by atoms with Crippen molar-refractivity contribution in [1.82, 2.24) is 4.98 Å². The molecule has 0 radical (unpaired) electrons. The molecule has 0 saturated carbocycles. The van der Waals surface area contributed by atoms with E-state index in [2.05, 4.69) is 10.3 Å². The molecule has 0 saturated heterocycles. The lowest BCUT2D eigenvalue weighted by molar-refractivity contribution is 0.0697. The highest BCUT2D eigenvalue weighted by Crippen LogP contribution is 2.28. The predicted octanol–water partition coefficient (Wildman–Crippen LogP) is 3.58. The summed E-state index contributed by atoms with van der Waals surface area (Å²) in [4.78, 5) is 15.2. The van der Waals surface area contributed by atoms with E-state index in [1.165, 1.54) is 12.1 Å². The number of ether oxygens (including phenoxy) is 1. The van der Waals surface area contributed by atoms with Crippen LogP contribution in [0.1, 0.15) is 17.3 Å². The molecule has 1 heterocycles. The molecule has 0 aliphatic carbocycles. The molecule has 20 heavy (non-hydrogen) atoms. The molecule has 0 spiro atoms. The topological polar surface area (TPSA) is 71.5 Å². The summed E-state index contributed by atoms with van der Waals surface area (Å²) < 4.78 is 5.47. The molecule has 2 aromatic rings. The Balaban J connectivity index is 2.39. The number of carboxylic acids is 1. The van der Waals surface area contributed by atoms with Crippen LogP contribution in [0.15, 0.2) is 36.4 Å². The number of hydrogen-bond donors (Lipinski definition) is 2. The van der Waals surface area contributed by atoms with Crippen LogP contribution < -0.4 is 10.1 Å². The third kappa shape index (κ3) is 3.19. The predicted molar refractivity (Wildman–Crippen MR) is 77.1 cm³/mol. The highest BCUT2D eigenvalue weighted by molar-refractivity contribution is 6.29. The number of anilines is 2. The lowest BCUT2D eigenvalue weighted by Crippen LogP contribution is -2.06. The van der Waals surface area contributed by atoms with Gasteiger partial charge in [0.15, 0.2) is 0 Å². The molecule has 5 nitrogen and oxygen atoms in total. The summed E-state index contributed by atoms with van der Waals surface area (Å²) in [6, 6.07) is 10.1. The highest BCUT2D eigenvalue weighted by Gasteiger charge is 2.13. The maximum atomic E-state index is 11.2.